The number of carbonyl (C=O) groups is 1. The quantitative estimate of drug-likeness (QED) is 0.161. The summed E-state index contributed by atoms with van der Waals surface area (Å²) in [6.07, 6.45) is 1.91. The zero-order valence-electron chi connectivity index (χ0n) is 24.5. The number of pyridine rings is 1. The third-order valence-corrected chi connectivity index (χ3v) is 6.74. The summed E-state index contributed by atoms with van der Waals surface area (Å²) in [6, 6.07) is 13.6. The molecule has 8 nitrogen and oxygen atoms in total. The zero-order chi connectivity index (χ0) is 29.5. The van der Waals surface area contributed by atoms with Gasteiger partial charge in [-0.25, -0.2) is 9.50 Å². The molecule has 0 bridgehead atoms. The number of methoxy groups -OCH3 is 1. The molecule has 2 aromatic heterocycles. The van der Waals surface area contributed by atoms with E-state index >= 15 is 0 Å². The van der Waals surface area contributed by atoms with Gasteiger partial charge in [-0.2, -0.15) is 5.10 Å². The van der Waals surface area contributed by atoms with Gasteiger partial charge < -0.3 is 19.3 Å². The van der Waals surface area contributed by atoms with Gasteiger partial charge in [-0.1, -0.05) is 31.9 Å². The van der Waals surface area contributed by atoms with Crippen LogP contribution in [0.25, 0.3) is 16.8 Å². The lowest BCUT2D eigenvalue weighted by atomic mass is 9.95. The van der Waals surface area contributed by atoms with Crippen LogP contribution in [0.5, 0.6) is 11.5 Å². The molecule has 0 aliphatic carbocycles. The first-order valence-electron chi connectivity index (χ1n) is 13.7. The van der Waals surface area contributed by atoms with Gasteiger partial charge in [-0.3, -0.25) is 4.79 Å². The van der Waals surface area contributed by atoms with Crippen LogP contribution in [0.2, 0.25) is 0 Å². The Morgan fingerprint density at radius 1 is 1.02 bits per heavy atom. The Hall–Kier alpha value is -4.35. The van der Waals surface area contributed by atoms with Crippen LogP contribution >= 0.6 is 0 Å². The van der Waals surface area contributed by atoms with Crippen molar-refractivity contribution in [3.05, 3.63) is 76.7 Å². The molecule has 0 fully saturated rings. The average Bonchev–Trinajstić information content (AvgIpc) is 3.36. The molecule has 0 aliphatic heterocycles. The highest BCUT2D eigenvalue weighted by molar-refractivity contribution is 5.82. The highest BCUT2D eigenvalue weighted by Gasteiger charge is 2.18. The molecule has 1 atom stereocenters. The molecular formula is C33H37N3O5. The summed E-state index contributed by atoms with van der Waals surface area (Å²) >= 11 is 0. The number of rotatable bonds is 12. The monoisotopic (exact) mass is 555 g/mol. The van der Waals surface area contributed by atoms with E-state index in [4.69, 9.17) is 24.3 Å². The maximum Gasteiger partial charge on any atom is 0.304 e. The number of hydrogen-bond acceptors (Lipinski definition) is 6. The number of aryl methyl sites for hydroxylation is 2. The molecule has 0 amide bonds. The van der Waals surface area contributed by atoms with Crippen molar-refractivity contribution in [2.24, 2.45) is 0 Å². The predicted octanol–water partition coefficient (Wildman–Crippen LogP) is 6.32. The lowest BCUT2D eigenvalue weighted by Crippen LogP contribution is -2.05. The Balaban J connectivity index is 1.65. The van der Waals surface area contributed by atoms with E-state index in [0.29, 0.717) is 25.6 Å². The molecule has 0 saturated carbocycles. The van der Waals surface area contributed by atoms with E-state index in [1.165, 1.54) is 0 Å². The van der Waals surface area contributed by atoms with E-state index in [2.05, 4.69) is 45.6 Å². The second kappa shape index (κ2) is 13.3. The third kappa shape index (κ3) is 7.24. The Morgan fingerprint density at radius 2 is 1.73 bits per heavy atom. The normalized spacial score (nSPS) is 11.8. The van der Waals surface area contributed by atoms with E-state index in [9.17, 15) is 9.90 Å². The van der Waals surface area contributed by atoms with Gasteiger partial charge in [0, 0.05) is 30.4 Å². The molecule has 8 heteroatoms. The number of hydrogen-bond donors (Lipinski definition) is 1. The van der Waals surface area contributed by atoms with Gasteiger partial charge >= 0.3 is 5.97 Å². The number of aliphatic carboxylic acids is 1. The van der Waals surface area contributed by atoms with Crippen LogP contribution in [0.1, 0.15) is 67.1 Å². The second-order valence-electron chi connectivity index (χ2n) is 10.3. The van der Waals surface area contributed by atoms with E-state index in [0.717, 1.165) is 50.6 Å². The van der Waals surface area contributed by atoms with E-state index in [1.54, 1.807) is 14.0 Å². The van der Waals surface area contributed by atoms with Crippen molar-refractivity contribution in [2.75, 3.05) is 20.3 Å². The van der Waals surface area contributed by atoms with Gasteiger partial charge in [0.1, 0.15) is 24.7 Å². The van der Waals surface area contributed by atoms with Crippen LogP contribution in [0.4, 0.5) is 0 Å². The van der Waals surface area contributed by atoms with Gasteiger partial charge in [-0.15, -0.1) is 5.92 Å². The maximum absolute atomic E-state index is 11.2. The molecule has 0 aliphatic rings. The summed E-state index contributed by atoms with van der Waals surface area (Å²) < 4.78 is 19.0. The summed E-state index contributed by atoms with van der Waals surface area (Å²) in [5, 5.41) is 14.0. The SMILES string of the molecule is CC#CC(CC(=O)O)c1ccc(OCc2cc(-c3c(C)cc(OCCOC)cc3C)c3nc(C(C)C)nn3c2)cc1. The van der Waals surface area contributed by atoms with E-state index in [1.807, 2.05) is 47.1 Å². The first-order chi connectivity index (χ1) is 19.7. The van der Waals surface area contributed by atoms with Crippen LogP contribution in [-0.4, -0.2) is 46.0 Å². The smallest absolute Gasteiger partial charge is 0.304 e. The van der Waals surface area contributed by atoms with Crippen molar-refractivity contribution >= 4 is 11.6 Å². The van der Waals surface area contributed by atoms with Gasteiger partial charge in [-0.05, 0) is 73.4 Å². The average molecular weight is 556 g/mol. The second-order valence-corrected chi connectivity index (χ2v) is 10.3. The summed E-state index contributed by atoms with van der Waals surface area (Å²) in [4.78, 5) is 16.1. The maximum atomic E-state index is 11.2. The van der Waals surface area contributed by atoms with Crippen LogP contribution in [-0.2, 0) is 16.1 Å². The molecular weight excluding hydrogens is 518 g/mol. The molecule has 0 saturated heterocycles. The van der Waals surface area contributed by atoms with E-state index in [-0.39, 0.29) is 18.3 Å². The Kier molecular flexibility index (Phi) is 9.64. The predicted molar refractivity (Wildman–Crippen MR) is 159 cm³/mol. The highest BCUT2D eigenvalue weighted by atomic mass is 16.5. The summed E-state index contributed by atoms with van der Waals surface area (Å²) in [6.45, 7) is 11.4. The minimum Gasteiger partial charge on any atom is -0.491 e. The van der Waals surface area contributed by atoms with Crippen molar-refractivity contribution in [3.63, 3.8) is 0 Å². The summed E-state index contributed by atoms with van der Waals surface area (Å²) in [7, 11) is 1.66. The number of aromatic nitrogens is 3. The Morgan fingerprint density at radius 3 is 2.34 bits per heavy atom. The van der Waals surface area contributed by atoms with Crippen molar-refractivity contribution in [1.82, 2.24) is 14.6 Å². The van der Waals surface area contributed by atoms with E-state index < -0.39 is 5.97 Å². The standard InChI is InChI=1S/C33H37N3O5/c1-7-8-26(18-30(37)38)25-9-11-27(12-10-25)41-20-24-17-29(33-34-32(21(2)3)35-36(33)19-24)31-22(4)15-28(16-23(31)5)40-14-13-39-6/h9-12,15-17,19,21,26H,13-14,18,20H2,1-6H3,(H,37,38). The minimum absolute atomic E-state index is 0.0425. The summed E-state index contributed by atoms with van der Waals surface area (Å²) in [5.74, 6) is 7.02. The van der Waals surface area contributed by atoms with Crippen molar-refractivity contribution in [3.8, 4) is 34.5 Å². The number of fused-ring (bicyclic) bond motifs is 1. The first-order valence-corrected chi connectivity index (χ1v) is 13.7. The fourth-order valence-corrected chi connectivity index (χ4v) is 4.80. The topological polar surface area (TPSA) is 95.2 Å². The molecule has 214 valence electrons. The number of nitrogens with zero attached hydrogens (tertiary/aromatic N) is 3. The third-order valence-electron chi connectivity index (χ3n) is 6.74. The molecule has 2 heterocycles. The molecule has 0 radical (unpaired) electrons. The van der Waals surface area contributed by atoms with Crippen molar-refractivity contribution in [2.45, 2.75) is 59.5 Å². The number of carboxylic acid groups (broad SMARTS) is 1. The fourth-order valence-electron chi connectivity index (χ4n) is 4.80. The van der Waals surface area contributed by atoms with Crippen LogP contribution < -0.4 is 9.47 Å². The van der Waals surface area contributed by atoms with Gasteiger partial charge in [0.2, 0.25) is 0 Å². The largest absolute Gasteiger partial charge is 0.491 e. The van der Waals surface area contributed by atoms with Gasteiger partial charge in [0.25, 0.3) is 0 Å². The minimum atomic E-state index is -0.878. The zero-order valence-corrected chi connectivity index (χ0v) is 24.5. The number of carboxylic acids is 1. The molecule has 2 aromatic carbocycles. The van der Waals surface area contributed by atoms with Crippen LogP contribution in [0.15, 0.2) is 48.7 Å². The van der Waals surface area contributed by atoms with Crippen LogP contribution in [0, 0.1) is 25.7 Å². The molecule has 41 heavy (non-hydrogen) atoms. The van der Waals surface area contributed by atoms with Gasteiger partial charge in [0.05, 0.1) is 18.9 Å². The first kappa shape index (κ1) is 29.6. The number of benzene rings is 2. The van der Waals surface area contributed by atoms with Gasteiger partial charge in [0.15, 0.2) is 11.5 Å². The van der Waals surface area contributed by atoms with Crippen molar-refractivity contribution < 1.29 is 24.1 Å². The van der Waals surface area contributed by atoms with Crippen LogP contribution in [0.3, 0.4) is 0 Å². The molecule has 1 unspecified atom stereocenters. The lowest BCUT2D eigenvalue weighted by Gasteiger charge is -2.16. The number of ether oxygens (including phenoxy) is 3. The lowest BCUT2D eigenvalue weighted by molar-refractivity contribution is -0.137. The molecule has 1 N–H and O–H groups in total. The Bertz CT molecular complexity index is 1560. The summed E-state index contributed by atoms with van der Waals surface area (Å²) in [5.41, 5.74) is 6.81. The molecule has 4 rings (SSSR count). The van der Waals surface area contributed by atoms with Crippen molar-refractivity contribution in [1.29, 1.82) is 0 Å². The molecule has 4 aromatic rings. The highest BCUT2D eigenvalue weighted by Crippen LogP contribution is 2.34. The molecule has 0 spiro atoms. The fraction of sp³-hybridized carbons (Fsp3) is 0.364. The Labute approximate surface area is 241 Å².